The first kappa shape index (κ1) is 14.5. The van der Waals surface area contributed by atoms with E-state index in [9.17, 15) is 0 Å². The molecule has 0 N–H and O–H groups in total. The second-order valence-corrected chi connectivity index (χ2v) is 7.78. The molecule has 0 unspecified atom stereocenters. The Labute approximate surface area is 117 Å². The van der Waals surface area contributed by atoms with Gasteiger partial charge in [-0.05, 0) is 55.5 Å². The Kier molecular flexibility index (Phi) is 5.78. The van der Waals surface area contributed by atoms with Crippen LogP contribution in [0.4, 0.5) is 0 Å². The van der Waals surface area contributed by atoms with Crippen molar-refractivity contribution in [2.75, 3.05) is 0 Å². The molecule has 0 saturated carbocycles. The molecule has 0 nitrogen and oxygen atoms in total. The molecule has 1 radical (unpaired) electrons. The Hall–Kier alpha value is 0.423. The average molecular weight is 333 g/mol. The molecule has 1 aliphatic carbocycles. The summed E-state index contributed by atoms with van der Waals surface area (Å²) in [6, 6.07) is 2.28. The summed E-state index contributed by atoms with van der Waals surface area (Å²) in [5, 5.41) is 0. The number of hydrogen-bond acceptors (Lipinski definition) is 0. The van der Waals surface area contributed by atoms with Crippen molar-refractivity contribution in [2.45, 2.75) is 27.7 Å². The zero-order valence-corrected chi connectivity index (χ0v) is 14.0. The summed E-state index contributed by atoms with van der Waals surface area (Å²) in [7, 11) is 9.87. The van der Waals surface area contributed by atoms with E-state index >= 15 is 0 Å². The van der Waals surface area contributed by atoms with E-state index in [0.717, 1.165) is 0 Å². The fourth-order valence-corrected chi connectivity index (χ4v) is 1.96. The van der Waals surface area contributed by atoms with E-state index in [-0.39, 0.29) is 0 Å². The normalized spacial score (nSPS) is 12.5. The van der Waals surface area contributed by atoms with Crippen LogP contribution in [0.5, 0.6) is 0 Å². The molecule has 0 spiro atoms. The van der Waals surface area contributed by atoms with Crippen LogP contribution in [0.1, 0.15) is 34.7 Å². The van der Waals surface area contributed by atoms with Gasteiger partial charge in [0.2, 0.25) is 0 Å². The van der Waals surface area contributed by atoms with Crippen LogP contribution in [-0.2, 0) is 20.8 Å². The van der Waals surface area contributed by atoms with Crippen molar-refractivity contribution >= 4 is 23.1 Å². The molecule has 3 heteroatoms. The van der Waals surface area contributed by atoms with Crippen LogP contribution in [0.25, 0.3) is 6.08 Å². The van der Waals surface area contributed by atoms with Gasteiger partial charge in [-0.25, -0.2) is 0 Å². The van der Waals surface area contributed by atoms with Crippen molar-refractivity contribution in [3.63, 3.8) is 0 Å². The third-order valence-electron chi connectivity index (χ3n) is 3.00. The van der Waals surface area contributed by atoms with Crippen molar-refractivity contribution in [2.24, 2.45) is 0 Å². The number of rotatable bonds is 0. The molecule has 2 rings (SSSR count). The van der Waals surface area contributed by atoms with Crippen LogP contribution in [0.2, 0.25) is 0 Å². The molecular weight excluding hydrogens is 318 g/mol. The van der Waals surface area contributed by atoms with Gasteiger partial charge in [-0.2, -0.15) is 0 Å². The number of benzene rings is 1. The molecule has 0 saturated heterocycles. The van der Waals surface area contributed by atoms with E-state index in [1.807, 2.05) is 0 Å². The molecule has 0 aromatic heterocycles. The van der Waals surface area contributed by atoms with E-state index in [2.05, 4.69) is 46.3 Å². The molecule has 1 aromatic rings. The van der Waals surface area contributed by atoms with E-state index in [4.69, 9.17) is 17.0 Å². The Balaban J connectivity index is 0.000000386. The first-order chi connectivity index (χ1) is 7.51. The standard InChI is InChI=1S/C13H15.2ClH.Zr/c1-8-5-12-7-9(2)10(3)11(4)13(12)6-8;;;/h5-7H,1-4H3;2*1H;/q;;;+2/p-2. The summed E-state index contributed by atoms with van der Waals surface area (Å²) in [6.45, 7) is 8.75. The predicted octanol–water partition coefficient (Wildman–Crippen LogP) is 4.96. The van der Waals surface area contributed by atoms with Crippen molar-refractivity contribution in [1.29, 1.82) is 0 Å². The molecular formula is C13H15Cl2Zr. The second kappa shape index (κ2) is 6.38. The Morgan fingerprint density at radius 3 is 2.12 bits per heavy atom. The van der Waals surface area contributed by atoms with Crippen LogP contribution in [0.3, 0.4) is 0 Å². The van der Waals surface area contributed by atoms with Crippen LogP contribution in [-0.4, -0.2) is 0 Å². The summed E-state index contributed by atoms with van der Waals surface area (Å²) < 4.78 is 0. The molecule has 0 amide bonds. The van der Waals surface area contributed by atoms with Crippen molar-refractivity contribution in [3.05, 3.63) is 45.9 Å². The minimum atomic E-state index is -0.826. The monoisotopic (exact) mass is 331 g/mol. The zero-order valence-electron chi connectivity index (χ0n) is 9.99. The Bertz CT molecular complexity index is 422. The summed E-state index contributed by atoms with van der Waals surface area (Å²) >= 11 is -0.826. The van der Waals surface area contributed by atoms with Gasteiger partial charge in [-0.15, -0.1) is 0 Å². The number of fused-ring (bicyclic) bond motifs is 1. The van der Waals surface area contributed by atoms with Crippen LogP contribution in [0.15, 0.2) is 11.6 Å². The number of allylic oxidation sites excluding steroid dienone is 1. The molecule has 0 heterocycles. The fourth-order valence-electron chi connectivity index (χ4n) is 1.96. The van der Waals surface area contributed by atoms with Gasteiger partial charge in [0.25, 0.3) is 0 Å². The molecule has 85 valence electrons. The maximum absolute atomic E-state index is 4.93. The van der Waals surface area contributed by atoms with Gasteiger partial charge in [0.05, 0.1) is 0 Å². The first-order valence-electron chi connectivity index (χ1n) is 5.11. The molecule has 0 bridgehead atoms. The quantitative estimate of drug-likeness (QED) is 0.630. The summed E-state index contributed by atoms with van der Waals surface area (Å²) in [4.78, 5) is 0. The summed E-state index contributed by atoms with van der Waals surface area (Å²) in [5.74, 6) is 0. The number of hydrogen-bond donors (Lipinski definition) is 0. The molecule has 1 aromatic carbocycles. The van der Waals surface area contributed by atoms with Gasteiger partial charge in [0.1, 0.15) is 0 Å². The van der Waals surface area contributed by atoms with Crippen molar-refractivity contribution in [3.8, 4) is 0 Å². The van der Waals surface area contributed by atoms with E-state index in [1.165, 1.54) is 33.4 Å². The number of aryl methyl sites for hydroxylation is 1. The van der Waals surface area contributed by atoms with Gasteiger partial charge in [0.15, 0.2) is 0 Å². The van der Waals surface area contributed by atoms with Gasteiger partial charge < -0.3 is 0 Å². The molecule has 1 aliphatic rings. The zero-order chi connectivity index (χ0) is 12.3. The first-order valence-corrected chi connectivity index (χ1v) is 11.4. The Morgan fingerprint density at radius 1 is 1.00 bits per heavy atom. The van der Waals surface area contributed by atoms with E-state index in [1.54, 1.807) is 0 Å². The van der Waals surface area contributed by atoms with E-state index < -0.39 is 20.8 Å². The fraction of sp³-hybridized carbons (Fsp3) is 0.308. The van der Waals surface area contributed by atoms with Crippen molar-refractivity contribution < 1.29 is 20.8 Å². The minimum absolute atomic E-state index is 0.826. The second-order valence-electron chi connectivity index (χ2n) is 4.05. The average Bonchev–Trinajstić information content (AvgIpc) is 2.57. The van der Waals surface area contributed by atoms with Gasteiger partial charge in [-0.1, -0.05) is 17.7 Å². The summed E-state index contributed by atoms with van der Waals surface area (Å²) in [5.41, 5.74) is 8.43. The molecule has 16 heavy (non-hydrogen) atoms. The van der Waals surface area contributed by atoms with Gasteiger partial charge >= 0.3 is 37.9 Å². The van der Waals surface area contributed by atoms with Gasteiger partial charge in [-0.3, -0.25) is 0 Å². The Morgan fingerprint density at radius 2 is 1.56 bits per heavy atom. The topological polar surface area (TPSA) is 0 Å². The van der Waals surface area contributed by atoms with Crippen LogP contribution in [0, 0.1) is 27.2 Å². The van der Waals surface area contributed by atoms with Crippen molar-refractivity contribution in [1.82, 2.24) is 0 Å². The third-order valence-corrected chi connectivity index (χ3v) is 3.00. The predicted molar refractivity (Wildman–Crippen MR) is 69.4 cm³/mol. The third kappa shape index (κ3) is 3.22. The summed E-state index contributed by atoms with van der Waals surface area (Å²) in [6.07, 6.45) is 4.53. The van der Waals surface area contributed by atoms with E-state index in [0.29, 0.717) is 0 Å². The van der Waals surface area contributed by atoms with Crippen LogP contribution < -0.4 is 0 Å². The molecule has 0 atom stereocenters. The van der Waals surface area contributed by atoms with Crippen LogP contribution >= 0.6 is 17.0 Å². The van der Waals surface area contributed by atoms with Gasteiger partial charge in [0, 0.05) is 6.42 Å². The maximum atomic E-state index is 4.93. The number of halogens is 2. The molecule has 0 aliphatic heterocycles. The SMILES string of the molecule is CC1=Cc2c(cc(C)c(C)c2C)[CH]1.[Cl][Zr][Cl]. The molecule has 0 fully saturated rings.